The van der Waals surface area contributed by atoms with E-state index in [1.54, 1.807) is 0 Å². The van der Waals surface area contributed by atoms with E-state index in [2.05, 4.69) is 54.5 Å². The van der Waals surface area contributed by atoms with Crippen molar-refractivity contribution in [1.82, 2.24) is 5.32 Å². The van der Waals surface area contributed by atoms with Crippen LogP contribution in [0.15, 0.2) is 18.2 Å². The van der Waals surface area contributed by atoms with Gasteiger partial charge in [0.2, 0.25) is 5.91 Å². The Morgan fingerprint density at radius 1 is 1.38 bits per heavy atom. The van der Waals surface area contributed by atoms with E-state index < -0.39 is 0 Å². The van der Waals surface area contributed by atoms with Gasteiger partial charge in [-0.2, -0.15) is 0 Å². The fourth-order valence-corrected chi connectivity index (χ4v) is 3.58. The van der Waals surface area contributed by atoms with Gasteiger partial charge in [-0.1, -0.05) is 19.9 Å². The van der Waals surface area contributed by atoms with E-state index in [1.165, 1.54) is 12.1 Å². The van der Waals surface area contributed by atoms with Crippen LogP contribution in [0, 0.1) is 5.92 Å². The highest BCUT2D eigenvalue weighted by Crippen LogP contribution is 2.36. The molecular formula is C17H25N3O. The average molecular weight is 287 g/mol. The number of benzene rings is 1. The van der Waals surface area contributed by atoms with Gasteiger partial charge in [-0.25, -0.2) is 0 Å². The van der Waals surface area contributed by atoms with E-state index in [-0.39, 0.29) is 11.9 Å². The molecule has 0 saturated carbocycles. The zero-order chi connectivity index (χ0) is 15.0. The number of carbonyl (C=O) groups excluding carboxylic acids is 1. The normalized spacial score (nSPS) is 27.9. The monoisotopic (exact) mass is 287 g/mol. The van der Waals surface area contributed by atoms with Crippen molar-refractivity contribution in [2.45, 2.75) is 45.7 Å². The topological polar surface area (TPSA) is 44.4 Å². The van der Waals surface area contributed by atoms with Crippen LogP contribution in [0.25, 0.3) is 0 Å². The average Bonchev–Trinajstić information content (AvgIpc) is 2.94. The van der Waals surface area contributed by atoms with Crippen molar-refractivity contribution in [3.63, 3.8) is 0 Å². The van der Waals surface area contributed by atoms with Crippen molar-refractivity contribution in [1.29, 1.82) is 0 Å². The Bertz CT molecular complexity index is 543. The quantitative estimate of drug-likeness (QED) is 0.895. The minimum absolute atomic E-state index is 0.0680. The Labute approximate surface area is 126 Å². The van der Waals surface area contributed by atoms with Crippen molar-refractivity contribution in [3.05, 3.63) is 23.8 Å². The van der Waals surface area contributed by atoms with Crippen LogP contribution >= 0.6 is 0 Å². The summed E-state index contributed by atoms with van der Waals surface area (Å²) in [6.45, 7) is 8.66. The van der Waals surface area contributed by atoms with Crippen LogP contribution in [0.4, 0.5) is 11.4 Å². The Kier molecular flexibility index (Phi) is 3.89. The molecule has 1 amide bonds. The molecule has 1 aromatic carbocycles. The second kappa shape index (κ2) is 5.68. The molecule has 0 aromatic heterocycles. The summed E-state index contributed by atoms with van der Waals surface area (Å²) in [5.41, 5.74) is 3.27. The van der Waals surface area contributed by atoms with Crippen molar-refractivity contribution in [2.24, 2.45) is 5.92 Å². The molecule has 114 valence electrons. The lowest BCUT2D eigenvalue weighted by molar-refractivity contribution is -0.117. The van der Waals surface area contributed by atoms with Crippen molar-refractivity contribution < 1.29 is 4.79 Å². The number of carbonyl (C=O) groups is 1. The summed E-state index contributed by atoms with van der Waals surface area (Å²) in [5.74, 6) is 0.806. The van der Waals surface area contributed by atoms with E-state index >= 15 is 0 Å². The first-order chi connectivity index (χ1) is 10.1. The second-order valence-electron chi connectivity index (χ2n) is 6.49. The smallest absolute Gasteiger partial charge is 0.246 e. The molecule has 2 N–H and O–H groups in total. The molecule has 0 radical (unpaired) electrons. The van der Waals surface area contributed by atoms with Gasteiger partial charge in [0.1, 0.15) is 6.04 Å². The minimum Gasteiger partial charge on any atom is -0.368 e. The molecule has 4 nitrogen and oxygen atoms in total. The van der Waals surface area contributed by atoms with Gasteiger partial charge in [-0.3, -0.25) is 4.79 Å². The molecule has 3 atom stereocenters. The van der Waals surface area contributed by atoms with Gasteiger partial charge in [-0.05, 0) is 44.4 Å². The standard InChI is InChI=1S/C17H25N3O/c1-4-7-18-16-14-6-5-13(9-15(14)19-17(16)21)20-10-11(2)8-12(20)3/h5-6,9,11-12,16,18H,4,7-8,10H2,1-3H3,(H,19,21). The van der Waals surface area contributed by atoms with Gasteiger partial charge in [0.05, 0.1) is 0 Å². The Morgan fingerprint density at radius 2 is 2.19 bits per heavy atom. The summed E-state index contributed by atoms with van der Waals surface area (Å²) in [6.07, 6.45) is 2.27. The largest absolute Gasteiger partial charge is 0.368 e. The van der Waals surface area contributed by atoms with Crippen LogP contribution in [-0.4, -0.2) is 25.0 Å². The molecule has 2 aliphatic rings. The first-order valence-electron chi connectivity index (χ1n) is 8.05. The minimum atomic E-state index is -0.191. The zero-order valence-corrected chi connectivity index (χ0v) is 13.1. The highest BCUT2D eigenvalue weighted by Gasteiger charge is 2.32. The van der Waals surface area contributed by atoms with Crippen LogP contribution in [0.3, 0.4) is 0 Å². The Hall–Kier alpha value is -1.55. The maximum Gasteiger partial charge on any atom is 0.246 e. The summed E-state index contributed by atoms with van der Waals surface area (Å²) in [4.78, 5) is 14.5. The molecule has 4 heteroatoms. The molecule has 1 saturated heterocycles. The molecule has 2 aliphatic heterocycles. The van der Waals surface area contributed by atoms with Crippen LogP contribution in [0.1, 0.15) is 45.2 Å². The van der Waals surface area contributed by atoms with Gasteiger partial charge in [0.15, 0.2) is 0 Å². The number of anilines is 2. The molecule has 0 bridgehead atoms. The highest BCUT2D eigenvalue weighted by molar-refractivity contribution is 6.03. The SMILES string of the molecule is CCCNC1C(=O)Nc2cc(N3CC(C)CC3C)ccc21. The van der Waals surface area contributed by atoms with Crippen molar-refractivity contribution >= 4 is 17.3 Å². The van der Waals surface area contributed by atoms with Gasteiger partial charge in [0, 0.05) is 29.5 Å². The summed E-state index contributed by atoms with van der Waals surface area (Å²) >= 11 is 0. The lowest BCUT2D eigenvalue weighted by Gasteiger charge is -2.24. The summed E-state index contributed by atoms with van der Waals surface area (Å²) in [5, 5.41) is 6.33. The van der Waals surface area contributed by atoms with Crippen LogP contribution in [0.5, 0.6) is 0 Å². The van der Waals surface area contributed by atoms with Gasteiger partial charge < -0.3 is 15.5 Å². The lowest BCUT2D eigenvalue weighted by atomic mass is 10.1. The van der Waals surface area contributed by atoms with Crippen molar-refractivity contribution in [2.75, 3.05) is 23.3 Å². The van der Waals surface area contributed by atoms with E-state index in [1.807, 2.05) is 0 Å². The van der Waals surface area contributed by atoms with E-state index in [0.29, 0.717) is 6.04 Å². The molecule has 0 aliphatic carbocycles. The zero-order valence-electron chi connectivity index (χ0n) is 13.1. The maximum atomic E-state index is 12.1. The number of nitrogens with one attached hydrogen (secondary N) is 2. The second-order valence-corrected chi connectivity index (χ2v) is 6.49. The third kappa shape index (κ3) is 2.64. The Morgan fingerprint density at radius 3 is 2.86 bits per heavy atom. The molecule has 3 unspecified atom stereocenters. The molecule has 2 heterocycles. The van der Waals surface area contributed by atoms with E-state index in [0.717, 1.165) is 36.7 Å². The third-order valence-corrected chi connectivity index (χ3v) is 4.58. The van der Waals surface area contributed by atoms with E-state index in [4.69, 9.17) is 0 Å². The first-order valence-corrected chi connectivity index (χ1v) is 8.05. The number of hydrogen-bond acceptors (Lipinski definition) is 3. The summed E-state index contributed by atoms with van der Waals surface area (Å²) < 4.78 is 0. The molecule has 1 fully saturated rings. The van der Waals surface area contributed by atoms with Gasteiger partial charge >= 0.3 is 0 Å². The number of rotatable bonds is 4. The third-order valence-electron chi connectivity index (χ3n) is 4.58. The summed E-state index contributed by atoms with van der Waals surface area (Å²) in [7, 11) is 0. The van der Waals surface area contributed by atoms with Gasteiger partial charge in [-0.15, -0.1) is 0 Å². The van der Waals surface area contributed by atoms with Gasteiger partial charge in [0.25, 0.3) is 0 Å². The van der Waals surface area contributed by atoms with Crippen LogP contribution in [0.2, 0.25) is 0 Å². The predicted molar refractivity (Wildman–Crippen MR) is 86.7 cm³/mol. The molecule has 3 rings (SSSR count). The molecule has 0 spiro atoms. The lowest BCUT2D eigenvalue weighted by Crippen LogP contribution is -2.28. The summed E-state index contributed by atoms with van der Waals surface area (Å²) in [6, 6.07) is 6.78. The predicted octanol–water partition coefficient (Wildman–Crippen LogP) is 2.91. The van der Waals surface area contributed by atoms with E-state index in [9.17, 15) is 4.79 Å². The van der Waals surface area contributed by atoms with Crippen molar-refractivity contribution in [3.8, 4) is 0 Å². The molecule has 1 aromatic rings. The fraction of sp³-hybridized carbons (Fsp3) is 0.588. The maximum absolute atomic E-state index is 12.1. The first kappa shape index (κ1) is 14.4. The number of fused-ring (bicyclic) bond motifs is 1. The number of amides is 1. The van der Waals surface area contributed by atoms with Crippen LogP contribution < -0.4 is 15.5 Å². The number of hydrogen-bond donors (Lipinski definition) is 2. The number of nitrogens with zero attached hydrogens (tertiary/aromatic N) is 1. The fourth-order valence-electron chi connectivity index (χ4n) is 3.58. The molecular weight excluding hydrogens is 262 g/mol. The molecule has 21 heavy (non-hydrogen) atoms. The highest BCUT2D eigenvalue weighted by atomic mass is 16.2. The Balaban J connectivity index is 1.83. The van der Waals surface area contributed by atoms with Crippen LogP contribution in [-0.2, 0) is 4.79 Å².